The van der Waals surface area contributed by atoms with Gasteiger partial charge in [-0.2, -0.15) is 0 Å². The van der Waals surface area contributed by atoms with Crippen LogP contribution < -0.4 is 14.8 Å². The van der Waals surface area contributed by atoms with Crippen molar-refractivity contribution in [2.45, 2.75) is 70.1 Å². The van der Waals surface area contributed by atoms with Crippen LogP contribution in [0.4, 0.5) is 5.69 Å². The Morgan fingerprint density at radius 1 is 1.13 bits per heavy atom. The first-order valence-electron chi connectivity index (χ1n) is 13.6. The van der Waals surface area contributed by atoms with Gasteiger partial charge in [0.05, 0.1) is 35.3 Å². The van der Waals surface area contributed by atoms with Crippen molar-refractivity contribution in [1.82, 2.24) is 10.2 Å². The maximum Gasteiger partial charge on any atom is 0.261 e. The van der Waals surface area contributed by atoms with Crippen LogP contribution in [0, 0.1) is 12.8 Å². The van der Waals surface area contributed by atoms with E-state index in [1.165, 1.54) is 6.07 Å². The molecule has 9 nitrogen and oxygen atoms in total. The second kappa shape index (κ2) is 14.1. The van der Waals surface area contributed by atoms with Crippen LogP contribution in [0.1, 0.15) is 56.0 Å². The van der Waals surface area contributed by atoms with E-state index in [4.69, 9.17) is 9.47 Å². The van der Waals surface area contributed by atoms with E-state index < -0.39 is 16.1 Å². The molecule has 39 heavy (non-hydrogen) atoms. The number of anilines is 1. The first-order valence-corrected chi connectivity index (χ1v) is 15.1. The Kier molecular flexibility index (Phi) is 11.2. The summed E-state index contributed by atoms with van der Waals surface area (Å²) in [5.74, 6) is 0.0146. The number of hydrogen-bond donors (Lipinski definition) is 3. The van der Waals surface area contributed by atoms with Crippen LogP contribution in [0.25, 0.3) is 0 Å². The molecule has 0 saturated heterocycles. The van der Waals surface area contributed by atoms with E-state index in [0.717, 1.165) is 24.8 Å². The summed E-state index contributed by atoms with van der Waals surface area (Å²) in [7, 11) is -2.00. The van der Waals surface area contributed by atoms with E-state index in [-0.39, 0.29) is 46.8 Å². The molecule has 4 atom stereocenters. The predicted molar refractivity (Wildman–Crippen MR) is 153 cm³/mol. The zero-order chi connectivity index (χ0) is 28.6. The summed E-state index contributed by atoms with van der Waals surface area (Å²) in [6.07, 6.45) is 2.31. The zero-order valence-electron chi connectivity index (χ0n) is 23.6. The van der Waals surface area contributed by atoms with Crippen molar-refractivity contribution in [1.29, 1.82) is 0 Å². The minimum absolute atomic E-state index is 0.0233. The highest BCUT2D eigenvalue weighted by molar-refractivity contribution is 7.92. The van der Waals surface area contributed by atoms with Crippen molar-refractivity contribution < 1.29 is 27.8 Å². The van der Waals surface area contributed by atoms with Gasteiger partial charge in [-0.3, -0.25) is 9.52 Å². The van der Waals surface area contributed by atoms with Crippen molar-refractivity contribution in [3.8, 4) is 5.75 Å². The highest BCUT2D eigenvalue weighted by atomic mass is 32.2. The average Bonchev–Trinajstić information content (AvgIpc) is 2.90. The number of ether oxygens (including phenoxy) is 2. The molecule has 0 fully saturated rings. The predicted octanol–water partition coefficient (Wildman–Crippen LogP) is 3.81. The van der Waals surface area contributed by atoms with Gasteiger partial charge in [-0.25, -0.2) is 8.42 Å². The van der Waals surface area contributed by atoms with E-state index in [2.05, 4.69) is 10.0 Å². The normalized spacial score (nSPS) is 22.4. The fraction of sp³-hybridized carbons (Fsp3) is 0.552. The van der Waals surface area contributed by atoms with Crippen LogP contribution >= 0.6 is 0 Å². The van der Waals surface area contributed by atoms with Gasteiger partial charge in [-0.15, -0.1) is 0 Å². The van der Waals surface area contributed by atoms with Crippen LogP contribution in [-0.2, 0) is 14.8 Å². The topological polar surface area (TPSA) is 117 Å². The lowest BCUT2D eigenvalue weighted by Crippen LogP contribution is -2.47. The number of carbonyl (C=O) groups excluding carboxylic acids is 1. The average molecular weight is 562 g/mol. The summed E-state index contributed by atoms with van der Waals surface area (Å²) in [4.78, 5) is 15.8. The van der Waals surface area contributed by atoms with Gasteiger partial charge in [0.15, 0.2) is 0 Å². The molecule has 1 heterocycles. The highest BCUT2D eigenvalue weighted by Crippen LogP contribution is 2.29. The SMILES string of the molecule is CNC[C@@H]1OCCCC[C@H](C)Oc2ccc(NS(=O)(=O)c3ccc(C)cc3)cc2C(=O)N([C@H](C)CO)C[C@@H]1C. The Bertz CT molecular complexity index is 1190. The third-order valence-corrected chi connectivity index (χ3v) is 8.44. The zero-order valence-corrected chi connectivity index (χ0v) is 24.5. The molecule has 10 heteroatoms. The van der Waals surface area contributed by atoms with Gasteiger partial charge < -0.3 is 24.8 Å². The molecule has 0 spiro atoms. The number of fused-ring (bicyclic) bond motifs is 1. The summed E-state index contributed by atoms with van der Waals surface area (Å²) in [6.45, 7) is 9.04. The molecule has 0 aromatic heterocycles. The molecular weight excluding hydrogens is 518 g/mol. The quantitative estimate of drug-likeness (QED) is 0.471. The maximum absolute atomic E-state index is 14.1. The first kappa shape index (κ1) is 30.9. The van der Waals surface area contributed by atoms with Crippen LogP contribution in [0.5, 0.6) is 5.75 Å². The molecule has 1 aliphatic heterocycles. The summed E-state index contributed by atoms with van der Waals surface area (Å²) >= 11 is 0. The second-order valence-corrected chi connectivity index (χ2v) is 12.2. The number of hydrogen-bond acceptors (Lipinski definition) is 7. The Hall–Kier alpha value is -2.66. The standard InChI is InChI=1S/C29H43N3O6S/c1-20-9-12-25(13-10-20)39(35,36)31-24-11-14-27-26(16-24)29(34)32(22(3)19-33)18-21(2)28(17-30-5)37-15-7-6-8-23(4)38-27/h9-14,16,21-23,28,30-31,33H,6-8,15,17-19H2,1-5H3/t21-,22+,23-,28-/m0/s1. The third-order valence-electron chi connectivity index (χ3n) is 7.04. The van der Waals surface area contributed by atoms with Gasteiger partial charge in [-0.05, 0) is 77.4 Å². The van der Waals surface area contributed by atoms with Crippen molar-refractivity contribution in [2.24, 2.45) is 5.92 Å². The fourth-order valence-corrected chi connectivity index (χ4v) is 5.66. The summed E-state index contributed by atoms with van der Waals surface area (Å²) in [6, 6.07) is 10.8. The van der Waals surface area contributed by atoms with Gasteiger partial charge in [0.2, 0.25) is 0 Å². The smallest absolute Gasteiger partial charge is 0.261 e. The molecule has 3 N–H and O–H groups in total. The van der Waals surface area contributed by atoms with Crippen LogP contribution in [0.15, 0.2) is 47.4 Å². The Labute approximate surface area is 232 Å². The molecule has 0 unspecified atom stereocenters. The van der Waals surface area contributed by atoms with Gasteiger partial charge in [0.1, 0.15) is 5.75 Å². The number of sulfonamides is 1. The number of nitrogens with one attached hydrogen (secondary N) is 2. The first-order chi connectivity index (χ1) is 18.6. The number of carbonyl (C=O) groups is 1. The lowest BCUT2D eigenvalue weighted by atomic mass is 10.0. The van der Waals surface area contributed by atoms with E-state index in [9.17, 15) is 18.3 Å². The molecule has 3 rings (SSSR count). The van der Waals surface area contributed by atoms with Gasteiger partial charge in [-0.1, -0.05) is 24.6 Å². The number of nitrogens with zero attached hydrogens (tertiary/aromatic N) is 1. The van der Waals surface area contributed by atoms with E-state index in [0.29, 0.717) is 25.4 Å². The molecule has 0 aliphatic carbocycles. The molecule has 2 aromatic rings. The molecule has 1 aliphatic rings. The summed E-state index contributed by atoms with van der Waals surface area (Å²) in [5, 5.41) is 13.2. The van der Waals surface area contributed by atoms with Crippen molar-refractivity contribution in [2.75, 3.05) is 38.1 Å². The number of aryl methyl sites for hydroxylation is 1. The van der Waals surface area contributed by atoms with Gasteiger partial charge in [0.25, 0.3) is 15.9 Å². The summed E-state index contributed by atoms with van der Waals surface area (Å²) < 4.78 is 41.1. The number of benzene rings is 2. The minimum atomic E-state index is -3.87. The van der Waals surface area contributed by atoms with Crippen LogP contribution in [0.2, 0.25) is 0 Å². The summed E-state index contributed by atoms with van der Waals surface area (Å²) in [5.41, 5.74) is 1.44. The minimum Gasteiger partial charge on any atom is -0.490 e. The van der Waals surface area contributed by atoms with Crippen LogP contribution in [-0.4, -0.2) is 75.9 Å². The Balaban J connectivity index is 2.02. The third kappa shape index (κ3) is 8.41. The lowest BCUT2D eigenvalue weighted by Gasteiger charge is -2.34. The molecule has 0 saturated carbocycles. The Morgan fingerprint density at radius 3 is 2.51 bits per heavy atom. The molecule has 216 valence electrons. The largest absolute Gasteiger partial charge is 0.490 e. The molecule has 0 radical (unpaired) electrons. The Morgan fingerprint density at radius 2 is 1.85 bits per heavy atom. The maximum atomic E-state index is 14.1. The van der Waals surface area contributed by atoms with E-state index >= 15 is 0 Å². The van der Waals surface area contributed by atoms with Gasteiger partial charge in [0, 0.05) is 31.3 Å². The second-order valence-electron chi connectivity index (χ2n) is 10.5. The van der Waals surface area contributed by atoms with Crippen molar-refractivity contribution in [3.63, 3.8) is 0 Å². The molecule has 1 amide bonds. The number of aliphatic hydroxyl groups excluding tert-OH is 1. The molecular formula is C29H43N3O6S. The molecule has 2 aromatic carbocycles. The van der Waals surface area contributed by atoms with Crippen molar-refractivity contribution >= 4 is 21.6 Å². The van der Waals surface area contributed by atoms with E-state index in [1.54, 1.807) is 48.2 Å². The van der Waals surface area contributed by atoms with E-state index in [1.807, 2.05) is 27.8 Å². The molecule has 0 bridgehead atoms. The van der Waals surface area contributed by atoms with Crippen molar-refractivity contribution in [3.05, 3.63) is 53.6 Å². The highest BCUT2D eigenvalue weighted by Gasteiger charge is 2.30. The lowest BCUT2D eigenvalue weighted by molar-refractivity contribution is -0.000450. The fourth-order valence-electron chi connectivity index (χ4n) is 4.61. The number of likely N-dealkylation sites (N-methyl/N-ethyl adjacent to an activating group) is 1. The monoisotopic (exact) mass is 561 g/mol. The van der Waals surface area contributed by atoms with Crippen LogP contribution in [0.3, 0.4) is 0 Å². The number of amides is 1. The number of rotatable bonds is 7. The van der Waals surface area contributed by atoms with Gasteiger partial charge >= 0.3 is 0 Å². The number of aliphatic hydroxyl groups is 1.